The summed E-state index contributed by atoms with van der Waals surface area (Å²) in [7, 11) is 0. The van der Waals surface area contributed by atoms with Gasteiger partial charge in [0.2, 0.25) is 17.6 Å². The molecule has 1 unspecified atom stereocenters. The van der Waals surface area contributed by atoms with Gasteiger partial charge < -0.3 is 15.2 Å². The Hall–Kier alpha value is -1.99. The molecule has 2 heterocycles. The van der Waals surface area contributed by atoms with Crippen molar-refractivity contribution < 1.29 is 13.7 Å². The van der Waals surface area contributed by atoms with Crippen molar-refractivity contribution in [3.63, 3.8) is 0 Å². The minimum atomic E-state index is -0.263. The van der Waals surface area contributed by atoms with Crippen molar-refractivity contribution in [3.05, 3.63) is 35.5 Å². The molecule has 2 aromatic rings. The van der Waals surface area contributed by atoms with Crippen molar-refractivity contribution in [1.82, 2.24) is 20.8 Å². The number of halogens is 2. The van der Waals surface area contributed by atoms with Crippen LogP contribution in [0.3, 0.4) is 0 Å². The first-order valence-electron chi connectivity index (χ1n) is 7.73. The van der Waals surface area contributed by atoms with E-state index in [9.17, 15) is 9.18 Å². The Bertz CT molecular complexity index is 701. The maximum Gasteiger partial charge on any atom is 0.237 e. The van der Waals surface area contributed by atoms with Gasteiger partial charge in [0.15, 0.2) is 0 Å². The van der Waals surface area contributed by atoms with Gasteiger partial charge in [-0.2, -0.15) is 4.98 Å². The molecule has 0 saturated carbocycles. The second-order valence-corrected chi connectivity index (χ2v) is 5.67. The van der Waals surface area contributed by atoms with E-state index in [2.05, 4.69) is 20.8 Å². The number of nitrogens with one attached hydrogen (secondary N) is 2. The molecule has 130 valence electrons. The normalized spacial score (nSPS) is 16.7. The van der Waals surface area contributed by atoms with Crippen LogP contribution >= 0.6 is 12.4 Å². The molecule has 1 aliphatic heterocycles. The lowest BCUT2D eigenvalue weighted by Crippen LogP contribution is -2.41. The number of hydrogen-bond acceptors (Lipinski definition) is 5. The second-order valence-electron chi connectivity index (χ2n) is 5.67. The van der Waals surface area contributed by atoms with E-state index in [0.29, 0.717) is 35.8 Å². The predicted octanol–water partition coefficient (Wildman–Crippen LogP) is 2.02. The van der Waals surface area contributed by atoms with E-state index in [1.165, 1.54) is 6.07 Å². The monoisotopic (exact) mass is 354 g/mol. The molecule has 1 aromatic heterocycles. The first-order chi connectivity index (χ1) is 11.1. The first kappa shape index (κ1) is 18.4. The molecular formula is C16H20ClFN4O2. The topological polar surface area (TPSA) is 80.0 Å². The number of nitrogens with zero attached hydrogens (tertiary/aromatic N) is 2. The molecule has 8 heteroatoms. The van der Waals surface area contributed by atoms with Crippen molar-refractivity contribution in [3.8, 4) is 11.4 Å². The molecular weight excluding hydrogens is 335 g/mol. The zero-order valence-electron chi connectivity index (χ0n) is 13.3. The number of carbonyl (C=O) groups excluding carboxylic acids is 1. The van der Waals surface area contributed by atoms with Crippen LogP contribution in [0.4, 0.5) is 4.39 Å². The SMILES string of the molecule is Cc1cc(-c2noc(CCNC(=O)C3CCCN3)n2)ccc1F.Cl. The van der Waals surface area contributed by atoms with Crippen LogP contribution in [0.1, 0.15) is 24.3 Å². The minimum Gasteiger partial charge on any atom is -0.354 e. The fourth-order valence-corrected chi connectivity index (χ4v) is 2.58. The summed E-state index contributed by atoms with van der Waals surface area (Å²) in [6.07, 6.45) is 2.37. The van der Waals surface area contributed by atoms with Gasteiger partial charge in [0.25, 0.3) is 0 Å². The molecule has 0 aliphatic carbocycles. The number of hydrogen-bond donors (Lipinski definition) is 2. The summed E-state index contributed by atoms with van der Waals surface area (Å²) < 4.78 is 18.5. The average molecular weight is 355 g/mol. The summed E-state index contributed by atoms with van der Waals surface area (Å²) in [5.74, 6) is 0.616. The minimum absolute atomic E-state index is 0. The predicted molar refractivity (Wildman–Crippen MR) is 89.4 cm³/mol. The third kappa shape index (κ3) is 4.30. The number of aryl methyl sites for hydroxylation is 1. The molecule has 1 fully saturated rings. The van der Waals surface area contributed by atoms with Gasteiger partial charge in [-0.15, -0.1) is 12.4 Å². The van der Waals surface area contributed by atoms with E-state index in [4.69, 9.17) is 4.52 Å². The highest BCUT2D eigenvalue weighted by Crippen LogP contribution is 2.19. The van der Waals surface area contributed by atoms with Crippen molar-refractivity contribution in [2.24, 2.45) is 0 Å². The van der Waals surface area contributed by atoms with E-state index in [1.807, 2.05) is 0 Å². The Morgan fingerprint density at radius 1 is 1.50 bits per heavy atom. The Morgan fingerprint density at radius 3 is 3.04 bits per heavy atom. The molecule has 1 aliphatic rings. The zero-order valence-corrected chi connectivity index (χ0v) is 14.2. The summed E-state index contributed by atoms with van der Waals surface area (Å²) >= 11 is 0. The number of rotatable bonds is 5. The lowest BCUT2D eigenvalue weighted by molar-refractivity contribution is -0.122. The van der Waals surface area contributed by atoms with Crippen molar-refractivity contribution in [2.45, 2.75) is 32.2 Å². The van der Waals surface area contributed by atoms with Crippen LogP contribution in [0.15, 0.2) is 22.7 Å². The molecule has 2 N–H and O–H groups in total. The Morgan fingerprint density at radius 2 is 2.33 bits per heavy atom. The van der Waals surface area contributed by atoms with Gasteiger partial charge in [0.1, 0.15) is 5.82 Å². The average Bonchev–Trinajstić information content (AvgIpc) is 3.21. The fraction of sp³-hybridized carbons (Fsp3) is 0.438. The van der Waals surface area contributed by atoms with Crippen LogP contribution in [-0.4, -0.2) is 35.2 Å². The van der Waals surface area contributed by atoms with Gasteiger partial charge in [0, 0.05) is 18.5 Å². The van der Waals surface area contributed by atoms with Crippen molar-refractivity contribution in [1.29, 1.82) is 0 Å². The summed E-state index contributed by atoms with van der Waals surface area (Å²) in [6.45, 7) is 3.02. The molecule has 1 aromatic carbocycles. The highest BCUT2D eigenvalue weighted by Gasteiger charge is 2.21. The summed E-state index contributed by atoms with van der Waals surface area (Å²) in [6, 6.07) is 4.59. The summed E-state index contributed by atoms with van der Waals surface area (Å²) in [4.78, 5) is 16.1. The number of carbonyl (C=O) groups is 1. The molecule has 0 bridgehead atoms. The lowest BCUT2D eigenvalue weighted by atomic mass is 10.1. The molecule has 1 atom stereocenters. The van der Waals surface area contributed by atoms with Crippen molar-refractivity contribution >= 4 is 18.3 Å². The number of benzene rings is 1. The van der Waals surface area contributed by atoms with Crippen LogP contribution < -0.4 is 10.6 Å². The van der Waals surface area contributed by atoms with Gasteiger partial charge in [0.05, 0.1) is 6.04 Å². The molecule has 24 heavy (non-hydrogen) atoms. The molecule has 6 nitrogen and oxygen atoms in total. The second kappa shape index (κ2) is 8.21. The van der Waals surface area contributed by atoms with E-state index < -0.39 is 0 Å². The number of amides is 1. The van der Waals surface area contributed by atoms with Crippen LogP contribution in [0, 0.1) is 12.7 Å². The Labute approximate surface area is 145 Å². The van der Waals surface area contributed by atoms with Gasteiger partial charge in [-0.25, -0.2) is 4.39 Å². The quantitative estimate of drug-likeness (QED) is 0.858. The Kier molecular flexibility index (Phi) is 6.28. The van der Waals surface area contributed by atoms with E-state index in [1.54, 1.807) is 19.1 Å². The van der Waals surface area contributed by atoms with E-state index >= 15 is 0 Å². The summed E-state index contributed by atoms with van der Waals surface area (Å²) in [5.41, 5.74) is 1.24. The first-order valence-corrected chi connectivity index (χ1v) is 7.73. The third-order valence-electron chi connectivity index (χ3n) is 3.90. The van der Waals surface area contributed by atoms with Crippen LogP contribution in [0.5, 0.6) is 0 Å². The van der Waals surface area contributed by atoms with E-state index in [0.717, 1.165) is 19.4 Å². The van der Waals surface area contributed by atoms with Crippen molar-refractivity contribution in [2.75, 3.05) is 13.1 Å². The standard InChI is InChI=1S/C16H19FN4O2.ClH/c1-10-9-11(4-5-12(10)17)15-20-14(23-21-15)6-8-19-16(22)13-3-2-7-18-13;/h4-5,9,13,18H,2-3,6-8H2,1H3,(H,19,22);1H. The highest BCUT2D eigenvalue weighted by atomic mass is 35.5. The smallest absolute Gasteiger partial charge is 0.237 e. The molecule has 1 saturated heterocycles. The molecule has 0 spiro atoms. The van der Waals surface area contributed by atoms with Crippen LogP contribution in [0.25, 0.3) is 11.4 Å². The van der Waals surface area contributed by atoms with E-state index in [-0.39, 0.29) is 30.2 Å². The fourth-order valence-electron chi connectivity index (χ4n) is 2.58. The summed E-state index contributed by atoms with van der Waals surface area (Å²) in [5, 5.41) is 9.91. The number of aromatic nitrogens is 2. The molecule has 0 radical (unpaired) electrons. The van der Waals surface area contributed by atoms with Crippen LogP contribution in [0.2, 0.25) is 0 Å². The lowest BCUT2D eigenvalue weighted by Gasteiger charge is -2.09. The molecule has 1 amide bonds. The third-order valence-corrected chi connectivity index (χ3v) is 3.90. The van der Waals surface area contributed by atoms with Crippen LogP contribution in [-0.2, 0) is 11.2 Å². The highest BCUT2D eigenvalue weighted by molar-refractivity contribution is 5.85. The van der Waals surface area contributed by atoms with Gasteiger partial charge in [-0.05, 0) is 50.1 Å². The van der Waals surface area contributed by atoms with Gasteiger partial charge in [-0.1, -0.05) is 5.16 Å². The zero-order chi connectivity index (χ0) is 16.2. The van der Waals surface area contributed by atoms with Gasteiger partial charge >= 0.3 is 0 Å². The maximum atomic E-state index is 13.3. The van der Waals surface area contributed by atoms with Gasteiger partial charge in [-0.3, -0.25) is 4.79 Å². The maximum absolute atomic E-state index is 13.3. The largest absolute Gasteiger partial charge is 0.354 e. The molecule has 3 rings (SSSR count). The Balaban J connectivity index is 0.00000208.